The summed E-state index contributed by atoms with van der Waals surface area (Å²) in [5.74, 6) is -0.0759. The lowest BCUT2D eigenvalue weighted by atomic mass is 10.1. The quantitative estimate of drug-likeness (QED) is 0.939. The van der Waals surface area contributed by atoms with Gasteiger partial charge in [-0.3, -0.25) is 0 Å². The van der Waals surface area contributed by atoms with Gasteiger partial charge in [0.05, 0.1) is 17.8 Å². The largest absolute Gasteiger partial charge is 0.478 e. The van der Waals surface area contributed by atoms with Crippen molar-refractivity contribution >= 4 is 27.6 Å². The van der Waals surface area contributed by atoms with Crippen LogP contribution in [0, 0.1) is 0 Å². The Morgan fingerprint density at radius 1 is 1.53 bits per heavy atom. The summed E-state index contributed by atoms with van der Waals surface area (Å²) in [5, 5.41) is 9.30. The van der Waals surface area contributed by atoms with Gasteiger partial charge in [-0.25, -0.2) is 9.78 Å². The number of carboxylic acids is 1. The van der Waals surface area contributed by atoms with Gasteiger partial charge < -0.3 is 14.6 Å². The lowest BCUT2D eigenvalue weighted by Gasteiger charge is -2.21. The number of hydrogen-bond acceptors (Lipinski definition) is 3. The number of carbonyl (C=O) groups is 1. The number of aryl methyl sites for hydroxylation is 1. The molecule has 2 rings (SSSR count). The normalized spacial score (nSPS) is 10.5. The van der Waals surface area contributed by atoms with Gasteiger partial charge in [-0.05, 0) is 28.1 Å². The van der Waals surface area contributed by atoms with Crippen LogP contribution in [0.2, 0.25) is 0 Å². The van der Waals surface area contributed by atoms with E-state index in [1.54, 1.807) is 18.3 Å². The van der Waals surface area contributed by atoms with Gasteiger partial charge >= 0.3 is 5.97 Å². The van der Waals surface area contributed by atoms with Crippen LogP contribution in [0.1, 0.15) is 16.2 Å². The smallest absolute Gasteiger partial charge is 0.338 e. The van der Waals surface area contributed by atoms with Gasteiger partial charge in [-0.2, -0.15) is 0 Å². The van der Waals surface area contributed by atoms with E-state index >= 15 is 0 Å². The fourth-order valence-corrected chi connectivity index (χ4v) is 2.41. The molecule has 5 nitrogen and oxygen atoms in total. The number of halogens is 1. The predicted octanol–water partition coefficient (Wildman–Crippen LogP) is 2.52. The predicted molar refractivity (Wildman–Crippen MR) is 76.4 cm³/mol. The second kappa shape index (κ2) is 5.44. The zero-order chi connectivity index (χ0) is 14.0. The molecule has 0 aliphatic carbocycles. The van der Waals surface area contributed by atoms with E-state index in [-0.39, 0.29) is 5.56 Å². The molecule has 0 amide bonds. The van der Waals surface area contributed by atoms with Crippen molar-refractivity contribution in [1.29, 1.82) is 0 Å². The Hall–Kier alpha value is -1.82. The summed E-state index contributed by atoms with van der Waals surface area (Å²) >= 11 is 3.28. The average Bonchev–Trinajstić information content (AvgIpc) is 2.74. The van der Waals surface area contributed by atoms with E-state index in [9.17, 15) is 9.90 Å². The number of benzene rings is 1. The fraction of sp³-hybridized carbons (Fsp3) is 0.231. The standard InChI is InChI=1S/C13H14BrN3O2/c1-16-7-6-15-11(16)8-17(2)10-5-3-4-9(14)12(10)13(18)19/h3-7H,8H2,1-2H3,(H,18,19). The molecule has 6 heteroatoms. The molecule has 2 aromatic rings. The van der Waals surface area contributed by atoms with Crippen molar-refractivity contribution in [2.24, 2.45) is 7.05 Å². The molecular weight excluding hydrogens is 310 g/mol. The molecule has 0 aliphatic heterocycles. The molecule has 0 aliphatic rings. The molecule has 0 saturated heterocycles. The second-order valence-corrected chi connectivity index (χ2v) is 5.10. The van der Waals surface area contributed by atoms with Crippen molar-refractivity contribution in [2.75, 3.05) is 11.9 Å². The molecule has 0 fully saturated rings. The highest BCUT2D eigenvalue weighted by Gasteiger charge is 2.17. The first-order valence-corrected chi connectivity index (χ1v) is 6.49. The van der Waals surface area contributed by atoms with Crippen molar-refractivity contribution in [1.82, 2.24) is 9.55 Å². The first-order valence-electron chi connectivity index (χ1n) is 5.70. The van der Waals surface area contributed by atoms with Crippen LogP contribution < -0.4 is 4.90 Å². The maximum absolute atomic E-state index is 11.3. The Bertz CT molecular complexity index is 610. The van der Waals surface area contributed by atoms with E-state index in [2.05, 4.69) is 20.9 Å². The van der Waals surface area contributed by atoms with Gasteiger partial charge in [0.25, 0.3) is 0 Å². The molecule has 1 aromatic carbocycles. The van der Waals surface area contributed by atoms with Crippen LogP contribution in [0.15, 0.2) is 35.1 Å². The highest BCUT2D eigenvalue weighted by atomic mass is 79.9. The maximum Gasteiger partial charge on any atom is 0.338 e. The van der Waals surface area contributed by atoms with Crippen LogP contribution in [0.3, 0.4) is 0 Å². The van der Waals surface area contributed by atoms with Crippen LogP contribution in [-0.2, 0) is 13.6 Å². The Labute approximate surface area is 119 Å². The van der Waals surface area contributed by atoms with E-state index < -0.39 is 5.97 Å². The van der Waals surface area contributed by atoms with Gasteiger partial charge in [0.2, 0.25) is 0 Å². The summed E-state index contributed by atoms with van der Waals surface area (Å²) in [5.41, 5.74) is 0.920. The van der Waals surface area contributed by atoms with Crippen LogP contribution in [-0.4, -0.2) is 27.7 Å². The Balaban J connectivity index is 2.34. The monoisotopic (exact) mass is 323 g/mol. The molecule has 0 unspecified atom stereocenters. The van der Waals surface area contributed by atoms with Crippen LogP contribution in [0.25, 0.3) is 0 Å². The number of rotatable bonds is 4. The molecule has 0 spiro atoms. The van der Waals surface area contributed by atoms with Crippen LogP contribution in [0.5, 0.6) is 0 Å². The van der Waals surface area contributed by atoms with Gasteiger partial charge in [0, 0.05) is 31.0 Å². The third-order valence-electron chi connectivity index (χ3n) is 2.92. The van der Waals surface area contributed by atoms with Crippen molar-refractivity contribution in [2.45, 2.75) is 6.54 Å². The third kappa shape index (κ3) is 2.78. The van der Waals surface area contributed by atoms with E-state index in [1.807, 2.05) is 35.8 Å². The van der Waals surface area contributed by atoms with E-state index in [4.69, 9.17) is 0 Å². The summed E-state index contributed by atoms with van der Waals surface area (Å²) in [6.45, 7) is 0.542. The SMILES string of the molecule is CN(Cc1nccn1C)c1cccc(Br)c1C(=O)O. The zero-order valence-electron chi connectivity index (χ0n) is 10.7. The third-order valence-corrected chi connectivity index (χ3v) is 3.58. The number of aromatic nitrogens is 2. The van der Waals surface area contributed by atoms with Crippen molar-refractivity contribution in [3.8, 4) is 0 Å². The number of anilines is 1. The molecule has 1 N–H and O–H groups in total. The number of carboxylic acid groups (broad SMARTS) is 1. The van der Waals surface area contributed by atoms with Crippen molar-refractivity contribution in [3.05, 3.63) is 46.5 Å². The molecule has 100 valence electrons. The molecule has 19 heavy (non-hydrogen) atoms. The molecule has 0 saturated carbocycles. The maximum atomic E-state index is 11.3. The Morgan fingerprint density at radius 2 is 2.26 bits per heavy atom. The summed E-state index contributed by atoms with van der Waals surface area (Å²) in [4.78, 5) is 17.5. The van der Waals surface area contributed by atoms with Crippen molar-refractivity contribution < 1.29 is 9.90 Å². The first kappa shape index (κ1) is 13.6. The van der Waals surface area contributed by atoms with Gasteiger partial charge in [-0.1, -0.05) is 6.07 Å². The number of imidazole rings is 1. The second-order valence-electron chi connectivity index (χ2n) is 4.25. The minimum atomic E-state index is -0.950. The summed E-state index contributed by atoms with van der Waals surface area (Å²) in [6.07, 6.45) is 3.59. The Kier molecular flexibility index (Phi) is 3.90. The lowest BCUT2D eigenvalue weighted by Crippen LogP contribution is -2.21. The zero-order valence-corrected chi connectivity index (χ0v) is 12.3. The summed E-state index contributed by atoms with van der Waals surface area (Å²) < 4.78 is 2.48. The van der Waals surface area contributed by atoms with Crippen LogP contribution in [0.4, 0.5) is 5.69 Å². The molecule has 0 atom stereocenters. The minimum Gasteiger partial charge on any atom is -0.478 e. The van der Waals surface area contributed by atoms with Crippen LogP contribution >= 0.6 is 15.9 Å². The highest BCUT2D eigenvalue weighted by molar-refractivity contribution is 9.10. The molecule has 0 bridgehead atoms. The molecule has 1 aromatic heterocycles. The van der Waals surface area contributed by atoms with Gasteiger partial charge in [0.1, 0.15) is 5.82 Å². The molecule has 1 heterocycles. The number of nitrogens with zero attached hydrogens (tertiary/aromatic N) is 3. The lowest BCUT2D eigenvalue weighted by molar-refractivity contribution is 0.0696. The van der Waals surface area contributed by atoms with E-state index in [0.717, 1.165) is 5.82 Å². The number of hydrogen-bond donors (Lipinski definition) is 1. The van der Waals surface area contributed by atoms with Gasteiger partial charge in [-0.15, -0.1) is 0 Å². The highest BCUT2D eigenvalue weighted by Crippen LogP contribution is 2.27. The first-order chi connectivity index (χ1) is 9.00. The summed E-state index contributed by atoms with van der Waals surface area (Å²) in [7, 11) is 3.76. The van der Waals surface area contributed by atoms with Gasteiger partial charge in [0.15, 0.2) is 0 Å². The minimum absolute atomic E-state index is 0.263. The summed E-state index contributed by atoms with van der Waals surface area (Å²) in [6, 6.07) is 5.33. The fourth-order valence-electron chi connectivity index (χ4n) is 1.89. The van der Waals surface area contributed by atoms with Crippen molar-refractivity contribution in [3.63, 3.8) is 0 Å². The van der Waals surface area contributed by atoms with E-state index in [1.165, 1.54) is 0 Å². The molecular formula is C13H14BrN3O2. The average molecular weight is 324 g/mol. The number of aromatic carboxylic acids is 1. The topological polar surface area (TPSA) is 58.4 Å². The van der Waals surface area contributed by atoms with E-state index in [0.29, 0.717) is 16.7 Å². The molecule has 0 radical (unpaired) electrons. The Morgan fingerprint density at radius 3 is 2.84 bits per heavy atom.